The van der Waals surface area contributed by atoms with E-state index in [2.05, 4.69) is 10.4 Å². The molecule has 1 aromatic heterocycles. The van der Waals surface area contributed by atoms with Gasteiger partial charge in [0.1, 0.15) is 16.5 Å². The Kier molecular flexibility index (Phi) is 5.70. The number of aromatic nitrogens is 2. The number of rotatable bonds is 4. The molecular weight excluding hydrogens is 397 g/mol. The Hall–Kier alpha value is -3.19. The van der Waals surface area contributed by atoms with Gasteiger partial charge in [0, 0.05) is 5.69 Å². The number of carbonyl (C=O) groups excluding carboxylic acids is 2. The van der Waals surface area contributed by atoms with Crippen molar-refractivity contribution >= 4 is 29.2 Å². The molecule has 1 amide bonds. The topological polar surface area (TPSA) is 73.2 Å². The van der Waals surface area contributed by atoms with Crippen LogP contribution in [-0.4, -0.2) is 28.8 Å². The van der Waals surface area contributed by atoms with E-state index in [4.69, 9.17) is 16.3 Å². The maximum Gasteiger partial charge on any atom is 0.338 e. The quantitative estimate of drug-likeness (QED) is 0.630. The first-order valence-corrected chi connectivity index (χ1v) is 9.12. The first kappa shape index (κ1) is 20.5. The number of halogens is 2. The molecule has 0 atom stereocenters. The van der Waals surface area contributed by atoms with Gasteiger partial charge < -0.3 is 10.1 Å². The van der Waals surface area contributed by atoms with Gasteiger partial charge in [0.05, 0.1) is 24.1 Å². The maximum absolute atomic E-state index is 13.2. The molecule has 3 rings (SSSR count). The molecule has 6 nitrogen and oxygen atoms in total. The lowest BCUT2D eigenvalue weighted by Crippen LogP contribution is -2.15. The van der Waals surface area contributed by atoms with Crippen LogP contribution < -0.4 is 5.32 Å². The molecule has 3 aromatic rings. The zero-order valence-corrected chi connectivity index (χ0v) is 17.1. The highest BCUT2D eigenvalue weighted by Crippen LogP contribution is 2.26. The van der Waals surface area contributed by atoms with Gasteiger partial charge in [-0.25, -0.2) is 13.9 Å². The van der Waals surface area contributed by atoms with Crippen molar-refractivity contribution in [3.8, 4) is 5.69 Å². The molecule has 0 fully saturated rings. The highest BCUT2D eigenvalue weighted by Gasteiger charge is 2.22. The van der Waals surface area contributed by atoms with Crippen LogP contribution in [0.3, 0.4) is 0 Å². The number of aryl methyl sites for hydroxylation is 2. The molecular formula is C21H19ClFN3O3. The van der Waals surface area contributed by atoms with E-state index in [9.17, 15) is 14.0 Å². The van der Waals surface area contributed by atoms with E-state index in [1.54, 1.807) is 26.0 Å². The third-order valence-electron chi connectivity index (χ3n) is 4.63. The summed E-state index contributed by atoms with van der Waals surface area (Å²) in [6.45, 7) is 5.30. The summed E-state index contributed by atoms with van der Waals surface area (Å²) in [7, 11) is 1.30. The SMILES string of the molecule is COC(=O)c1cc(NC(=O)c2c(C)nn(-c3ccc(F)cc3)c2Cl)cc(C)c1C. The van der Waals surface area contributed by atoms with Crippen molar-refractivity contribution in [2.45, 2.75) is 20.8 Å². The largest absolute Gasteiger partial charge is 0.465 e. The Bertz CT molecular complexity index is 1110. The smallest absolute Gasteiger partial charge is 0.338 e. The van der Waals surface area contributed by atoms with Crippen LogP contribution in [0.5, 0.6) is 0 Å². The second-order valence-electron chi connectivity index (χ2n) is 6.55. The van der Waals surface area contributed by atoms with E-state index in [1.807, 2.05) is 6.92 Å². The van der Waals surface area contributed by atoms with Crippen molar-refractivity contribution in [3.05, 3.63) is 75.3 Å². The van der Waals surface area contributed by atoms with Crippen molar-refractivity contribution in [1.82, 2.24) is 9.78 Å². The van der Waals surface area contributed by atoms with E-state index in [1.165, 1.54) is 36.1 Å². The van der Waals surface area contributed by atoms with E-state index >= 15 is 0 Å². The highest BCUT2D eigenvalue weighted by atomic mass is 35.5. The first-order chi connectivity index (χ1) is 13.7. The van der Waals surface area contributed by atoms with Crippen molar-refractivity contribution < 1.29 is 18.7 Å². The zero-order valence-electron chi connectivity index (χ0n) is 16.3. The second kappa shape index (κ2) is 8.05. The Morgan fingerprint density at radius 3 is 2.41 bits per heavy atom. The van der Waals surface area contributed by atoms with Crippen LogP contribution in [0.25, 0.3) is 5.69 Å². The number of anilines is 1. The molecule has 1 heterocycles. The molecule has 29 heavy (non-hydrogen) atoms. The number of esters is 1. The fraction of sp³-hybridized carbons (Fsp3) is 0.190. The van der Waals surface area contributed by atoms with Gasteiger partial charge in [-0.3, -0.25) is 4.79 Å². The summed E-state index contributed by atoms with van der Waals surface area (Å²) in [5, 5.41) is 7.15. The van der Waals surface area contributed by atoms with Gasteiger partial charge in [-0.2, -0.15) is 5.10 Å². The van der Waals surface area contributed by atoms with E-state index < -0.39 is 11.9 Å². The van der Waals surface area contributed by atoms with Gasteiger partial charge in [-0.1, -0.05) is 11.6 Å². The minimum atomic E-state index is -0.486. The fourth-order valence-corrected chi connectivity index (χ4v) is 3.32. The van der Waals surface area contributed by atoms with E-state index in [0.29, 0.717) is 22.6 Å². The molecule has 0 aliphatic rings. The van der Waals surface area contributed by atoms with E-state index in [-0.39, 0.29) is 16.5 Å². The van der Waals surface area contributed by atoms with Crippen molar-refractivity contribution in [2.75, 3.05) is 12.4 Å². The molecule has 2 aromatic carbocycles. The molecule has 0 saturated heterocycles. The molecule has 150 valence electrons. The minimum Gasteiger partial charge on any atom is -0.465 e. The van der Waals surface area contributed by atoms with Crippen molar-refractivity contribution in [1.29, 1.82) is 0 Å². The third kappa shape index (κ3) is 4.00. The molecule has 0 unspecified atom stereocenters. The Morgan fingerprint density at radius 1 is 1.14 bits per heavy atom. The summed E-state index contributed by atoms with van der Waals surface area (Å²) < 4.78 is 19.3. The van der Waals surface area contributed by atoms with Gasteiger partial charge >= 0.3 is 5.97 Å². The number of methoxy groups -OCH3 is 1. The average molecular weight is 416 g/mol. The molecule has 1 N–H and O–H groups in total. The normalized spacial score (nSPS) is 10.7. The molecule has 0 aliphatic carbocycles. The van der Waals surface area contributed by atoms with Gasteiger partial charge in [-0.05, 0) is 68.3 Å². The summed E-state index contributed by atoms with van der Waals surface area (Å²) in [5.74, 6) is -1.34. The Morgan fingerprint density at radius 2 is 1.79 bits per heavy atom. The number of ether oxygens (including phenoxy) is 1. The molecule has 0 radical (unpaired) electrons. The van der Waals surface area contributed by atoms with Gasteiger partial charge in [-0.15, -0.1) is 0 Å². The lowest BCUT2D eigenvalue weighted by atomic mass is 10.0. The number of carbonyl (C=O) groups is 2. The van der Waals surface area contributed by atoms with Crippen LogP contribution in [0.1, 0.15) is 37.5 Å². The lowest BCUT2D eigenvalue weighted by Gasteiger charge is -2.12. The van der Waals surface area contributed by atoms with Crippen LogP contribution in [-0.2, 0) is 4.74 Å². The number of amides is 1. The fourth-order valence-electron chi connectivity index (χ4n) is 2.96. The number of nitrogens with zero attached hydrogens (tertiary/aromatic N) is 2. The Balaban J connectivity index is 1.95. The predicted molar refractivity (Wildman–Crippen MR) is 108 cm³/mol. The number of benzene rings is 2. The molecule has 8 heteroatoms. The summed E-state index contributed by atoms with van der Waals surface area (Å²) in [4.78, 5) is 24.9. The van der Waals surface area contributed by atoms with Gasteiger partial charge in [0.25, 0.3) is 5.91 Å². The van der Waals surface area contributed by atoms with Crippen molar-refractivity contribution in [3.63, 3.8) is 0 Å². The second-order valence-corrected chi connectivity index (χ2v) is 6.91. The van der Waals surface area contributed by atoms with Crippen molar-refractivity contribution in [2.24, 2.45) is 0 Å². The standard InChI is InChI=1S/C21H19ClFN3O3/c1-11-9-15(10-17(12(11)2)21(28)29-4)24-20(27)18-13(3)25-26(19(18)22)16-7-5-14(23)6-8-16/h5-10H,1-4H3,(H,24,27). The van der Waals surface area contributed by atoms with Crippen LogP contribution >= 0.6 is 11.6 Å². The van der Waals surface area contributed by atoms with Crippen LogP contribution in [0.4, 0.5) is 10.1 Å². The van der Waals surface area contributed by atoms with Crippen LogP contribution in [0.2, 0.25) is 5.15 Å². The maximum atomic E-state index is 13.2. The van der Waals surface area contributed by atoms with Gasteiger partial charge in [0.15, 0.2) is 0 Å². The number of nitrogens with one attached hydrogen (secondary N) is 1. The number of hydrogen-bond donors (Lipinski definition) is 1. The van der Waals surface area contributed by atoms with Crippen LogP contribution in [0.15, 0.2) is 36.4 Å². The van der Waals surface area contributed by atoms with Crippen LogP contribution in [0, 0.1) is 26.6 Å². The van der Waals surface area contributed by atoms with E-state index in [0.717, 1.165) is 11.1 Å². The predicted octanol–water partition coefficient (Wildman–Crippen LogP) is 4.63. The molecule has 0 aliphatic heterocycles. The van der Waals surface area contributed by atoms with Gasteiger partial charge in [0.2, 0.25) is 0 Å². The lowest BCUT2D eigenvalue weighted by molar-refractivity contribution is 0.0599. The zero-order chi connectivity index (χ0) is 21.3. The monoisotopic (exact) mass is 415 g/mol. The minimum absolute atomic E-state index is 0.101. The summed E-state index contributed by atoms with van der Waals surface area (Å²) in [5.41, 5.74) is 3.53. The highest BCUT2D eigenvalue weighted by molar-refractivity contribution is 6.34. The third-order valence-corrected chi connectivity index (χ3v) is 4.98. The Labute approximate surface area is 172 Å². The average Bonchev–Trinajstić information content (AvgIpc) is 2.98. The molecule has 0 spiro atoms. The number of hydrogen-bond acceptors (Lipinski definition) is 4. The molecule has 0 saturated carbocycles. The molecule has 0 bridgehead atoms. The first-order valence-electron chi connectivity index (χ1n) is 8.75. The summed E-state index contributed by atoms with van der Waals surface area (Å²) in [6.07, 6.45) is 0. The summed E-state index contributed by atoms with van der Waals surface area (Å²) in [6, 6.07) is 8.91. The summed E-state index contributed by atoms with van der Waals surface area (Å²) >= 11 is 6.40.